The van der Waals surface area contributed by atoms with Gasteiger partial charge in [0.2, 0.25) is 0 Å². The number of halogens is 5. The Bertz CT molecular complexity index is 949. The summed E-state index contributed by atoms with van der Waals surface area (Å²) >= 11 is 0. The van der Waals surface area contributed by atoms with Crippen LogP contribution in [-0.4, -0.2) is 15.3 Å². The number of amides is 1. The molecule has 2 heterocycles. The minimum Gasteiger partial charge on any atom is -0.346 e. The van der Waals surface area contributed by atoms with Crippen LogP contribution in [0.4, 0.5) is 22.0 Å². The molecule has 2 aromatic heterocycles. The first kappa shape index (κ1) is 16.9. The van der Waals surface area contributed by atoms with Gasteiger partial charge in [-0.1, -0.05) is 0 Å². The Balaban J connectivity index is 1.74. The number of carbonyl (C=O) groups is 1. The molecule has 0 unspecified atom stereocenters. The molecule has 3 aromatic rings. The third-order valence-corrected chi connectivity index (χ3v) is 3.44. The number of fused-ring (bicyclic) bond motifs is 1. The van der Waals surface area contributed by atoms with Gasteiger partial charge in [0, 0.05) is 18.0 Å². The molecule has 0 aliphatic rings. The van der Waals surface area contributed by atoms with E-state index in [0.29, 0.717) is 5.69 Å². The molecule has 0 radical (unpaired) electrons. The third kappa shape index (κ3) is 3.59. The molecule has 0 atom stereocenters. The molecule has 3 rings (SSSR count). The summed E-state index contributed by atoms with van der Waals surface area (Å²) in [6.45, 7) is -0.0825. The molecular weight excluding hydrogens is 345 g/mol. The summed E-state index contributed by atoms with van der Waals surface area (Å²) in [5.74, 6) is -2.88. The van der Waals surface area contributed by atoms with Crippen LogP contribution in [0.5, 0.6) is 0 Å². The number of hydrogen-bond donors (Lipinski definition) is 1. The summed E-state index contributed by atoms with van der Waals surface area (Å²) in [6.07, 6.45) is -2.24. The van der Waals surface area contributed by atoms with E-state index in [-0.39, 0.29) is 17.8 Å². The smallest absolute Gasteiger partial charge is 0.346 e. The van der Waals surface area contributed by atoms with Gasteiger partial charge in [-0.15, -0.1) is 0 Å². The number of alkyl halides is 3. The van der Waals surface area contributed by atoms with E-state index in [2.05, 4.69) is 10.3 Å². The van der Waals surface area contributed by atoms with Crippen molar-refractivity contribution >= 4 is 11.6 Å². The highest BCUT2D eigenvalue weighted by Crippen LogP contribution is 2.29. The molecule has 0 bridgehead atoms. The number of aromatic nitrogens is 2. The van der Waals surface area contributed by atoms with Crippen LogP contribution in [0.15, 0.2) is 42.7 Å². The fourth-order valence-corrected chi connectivity index (χ4v) is 2.21. The highest BCUT2D eigenvalue weighted by Gasteiger charge is 2.30. The van der Waals surface area contributed by atoms with E-state index >= 15 is 0 Å². The molecule has 4 nitrogen and oxygen atoms in total. The van der Waals surface area contributed by atoms with Crippen molar-refractivity contribution < 1.29 is 26.7 Å². The number of carbonyl (C=O) groups excluding carboxylic acids is 1. The Hall–Kier alpha value is -2.97. The molecular formula is C16H10F5N3O. The Morgan fingerprint density at radius 2 is 1.84 bits per heavy atom. The normalized spacial score (nSPS) is 11.7. The number of benzene rings is 1. The molecule has 0 aliphatic carbocycles. The molecule has 0 aliphatic heterocycles. The van der Waals surface area contributed by atoms with Gasteiger partial charge in [-0.05, 0) is 30.3 Å². The van der Waals surface area contributed by atoms with Crippen molar-refractivity contribution in [2.75, 3.05) is 0 Å². The number of rotatable bonds is 3. The maximum atomic E-state index is 13.1. The van der Waals surface area contributed by atoms with Crippen molar-refractivity contribution in [3.8, 4) is 0 Å². The van der Waals surface area contributed by atoms with E-state index in [9.17, 15) is 26.7 Å². The SMILES string of the molecule is O=C(NCc1cn2cc(C(F)(F)F)ccc2n1)c1ccc(F)c(F)c1. The predicted molar refractivity (Wildman–Crippen MR) is 77.7 cm³/mol. The first-order chi connectivity index (χ1) is 11.7. The van der Waals surface area contributed by atoms with Crippen LogP contribution in [0.2, 0.25) is 0 Å². The molecule has 0 saturated heterocycles. The van der Waals surface area contributed by atoms with E-state index in [1.807, 2.05) is 0 Å². The fraction of sp³-hybridized carbons (Fsp3) is 0.125. The summed E-state index contributed by atoms with van der Waals surface area (Å²) in [5, 5.41) is 2.44. The number of pyridine rings is 1. The Morgan fingerprint density at radius 3 is 2.52 bits per heavy atom. The number of nitrogens with zero attached hydrogens (tertiary/aromatic N) is 2. The summed E-state index contributed by atoms with van der Waals surface area (Å²) in [6, 6.07) is 4.82. The largest absolute Gasteiger partial charge is 0.417 e. The van der Waals surface area contributed by atoms with Gasteiger partial charge < -0.3 is 9.72 Å². The Kier molecular flexibility index (Phi) is 4.15. The summed E-state index contributed by atoms with van der Waals surface area (Å²) in [7, 11) is 0. The summed E-state index contributed by atoms with van der Waals surface area (Å²) in [5.41, 5.74) is -0.308. The van der Waals surface area contributed by atoms with Crippen molar-refractivity contribution in [1.82, 2.24) is 14.7 Å². The lowest BCUT2D eigenvalue weighted by molar-refractivity contribution is -0.137. The van der Waals surface area contributed by atoms with Crippen LogP contribution in [0, 0.1) is 11.6 Å². The lowest BCUT2D eigenvalue weighted by Crippen LogP contribution is -2.23. The van der Waals surface area contributed by atoms with E-state index in [1.165, 1.54) is 16.7 Å². The van der Waals surface area contributed by atoms with Crippen LogP contribution >= 0.6 is 0 Å². The molecule has 1 N–H and O–H groups in total. The zero-order chi connectivity index (χ0) is 18.2. The van der Waals surface area contributed by atoms with Gasteiger partial charge in [-0.25, -0.2) is 13.8 Å². The van der Waals surface area contributed by atoms with E-state index in [0.717, 1.165) is 30.5 Å². The van der Waals surface area contributed by atoms with E-state index < -0.39 is 29.3 Å². The van der Waals surface area contributed by atoms with Crippen molar-refractivity contribution in [3.63, 3.8) is 0 Å². The number of nitrogens with one attached hydrogen (secondary N) is 1. The second-order valence-electron chi connectivity index (χ2n) is 5.22. The molecule has 1 amide bonds. The van der Waals surface area contributed by atoms with Gasteiger partial charge in [0.25, 0.3) is 5.91 Å². The van der Waals surface area contributed by atoms with Crippen molar-refractivity contribution in [2.45, 2.75) is 12.7 Å². The van der Waals surface area contributed by atoms with Crippen LogP contribution < -0.4 is 5.32 Å². The Labute approximate surface area is 137 Å². The maximum Gasteiger partial charge on any atom is 0.417 e. The van der Waals surface area contributed by atoms with Gasteiger partial charge in [0.05, 0.1) is 17.8 Å². The summed E-state index contributed by atoms with van der Waals surface area (Å²) in [4.78, 5) is 16.0. The molecule has 25 heavy (non-hydrogen) atoms. The molecule has 0 fully saturated rings. The second-order valence-corrected chi connectivity index (χ2v) is 5.22. The third-order valence-electron chi connectivity index (χ3n) is 3.44. The van der Waals surface area contributed by atoms with Crippen LogP contribution in [0.25, 0.3) is 5.65 Å². The minimum absolute atomic E-state index is 0.0815. The lowest BCUT2D eigenvalue weighted by Gasteiger charge is -2.05. The van der Waals surface area contributed by atoms with Crippen LogP contribution in [-0.2, 0) is 12.7 Å². The van der Waals surface area contributed by atoms with Gasteiger partial charge in [-0.2, -0.15) is 13.2 Å². The van der Waals surface area contributed by atoms with E-state index in [1.54, 1.807) is 0 Å². The molecule has 1 aromatic carbocycles. The Morgan fingerprint density at radius 1 is 1.08 bits per heavy atom. The van der Waals surface area contributed by atoms with Gasteiger partial charge >= 0.3 is 6.18 Å². The maximum absolute atomic E-state index is 13.1. The van der Waals surface area contributed by atoms with E-state index in [4.69, 9.17) is 0 Å². The van der Waals surface area contributed by atoms with Gasteiger partial charge in [-0.3, -0.25) is 4.79 Å². The monoisotopic (exact) mass is 355 g/mol. The van der Waals surface area contributed by atoms with Crippen molar-refractivity contribution in [1.29, 1.82) is 0 Å². The van der Waals surface area contributed by atoms with Crippen molar-refractivity contribution in [3.05, 3.63) is 71.2 Å². The molecule has 130 valence electrons. The zero-order valence-electron chi connectivity index (χ0n) is 12.4. The first-order valence-electron chi connectivity index (χ1n) is 7.02. The standard InChI is InChI=1S/C16H10F5N3O/c17-12-3-1-9(5-13(12)18)15(25)22-6-11-8-24-7-10(16(19,20)21)2-4-14(24)23-11/h1-5,7-8H,6H2,(H,22,25). The number of imidazole rings is 1. The molecule has 0 spiro atoms. The van der Waals surface area contributed by atoms with Crippen LogP contribution in [0.3, 0.4) is 0 Å². The van der Waals surface area contributed by atoms with Gasteiger partial charge in [0.1, 0.15) is 5.65 Å². The highest BCUT2D eigenvalue weighted by atomic mass is 19.4. The molecule has 9 heteroatoms. The second kappa shape index (κ2) is 6.15. The first-order valence-corrected chi connectivity index (χ1v) is 7.02. The average Bonchev–Trinajstić information content (AvgIpc) is 2.96. The topological polar surface area (TPSA) is 46.4 Å². The summed E-state index contributed by atoms with van der Waals surface area (Å²) < 4.78 is 65.2. The lowest BCUT2D eigenvalue weighted by atomic mass is 10.2. The highest BCUT2D eigenvalue weighted by molar-refractivity contribution is 5.94. The fourth-order valence-electron chi connectivity index (χ4n) is 2.21. The minimum atomic E-state index is -4.47. The van der Waals surface area contributed by atoms with Crippen LogP contribution in [0.1, 0.15) is 21.6 Å². The molecule has 0 saturated carbocycles. The van der Waals surface area contributed by atoms with Crippen molar-refractivity contribution in [2.24, 2.45) is 0 Å². The number of hydrogen-bond acceptors (Lipinski definition) is 2. The predicted octanol–water partition coefficient (Wildman–Crippen LogP) is 3.56. The quantitative estimate of drug-likeness (QED) is 0.731. The zero-order valence-corrected chi connectivity index (χ0v) is 12.4. The van der Waals surface area contributed by atoms with Gasteiger partial charge in [0.15, 0.2) is 11.6 Å². The average molecular weight is 355 g/mol.